The van der Waals surface area contributed by atoms with Gasteiger partial charge in [-0.1, -0.05) is 0 Å². The van der Waals surface area contributed by atoms with E-state index in [4.69, 9.17) is 10.5 Å². The summed E-state index contributed by atoms with van der Waals surface area (Å²) in [7, 11) is 0. The molecular formula is C15H25N5O2. The van der Waals surface area contributed by atoms with Gasteiger partial charge in [-0.25, -0.2) is 15.2 Å². The molecule has 2 rings (SSSR count). The van der Waals surface area contributed by atoms with Crippen LogP contribution >= 0.6 is 0 Å². The van der Waals surface area contributed by atoms with E-state index in [2.05, 4.69) is 20.7 Å². The maximum Gasteiger partial charge on any atom is 0.422 e. The van der Waals surface area contributed by atoms with E-state index < -0.39 is 11.7 Å². The van der Waals surface area contributed by atoms with Crippen LogP contribution in [0.15, 0.2) is 18.3 Å². The predicted octanol–water partition coefficient (Wildman–Crippen LogP) is 1.66. The van der Waals surface area contributed by atoms with Gasteiger partial charge in [-0.2, -0.15) is 0 Å². The Labute approximate surface area is 131 Å². The standard InChI is InChI=1S/C15H25N5O2/c1-15(2,3)22-14(21)19-18-12-5-4-8-20(10-12)13-7-6-11(16)9-17-13/h6-7,9,12,18H,4-5,8,10,16H2,1-3H3,(H,19,21). The van der Waals surface area contributed by atoms with Gasteiger partial charge in [0, 0.05) is 19.1 Å². The maximum absolute atomic E-state index is 11.7. The zero-order valence-corrected chi connectivity index (χ0v) is 13.4. The van der Waals surface area contributed by atoms with E-state index in [9.17, 15) is 4.79 Å². The number of anilines is 2. The van der Waals surface area contributed by atoms with Crippen LogP contribution in [0.2, 0.25) is 0 Å². The van der Waals surface area contributed by atoms with Crippen LogP contribution in [0.5, 0.6) is 0 Å². The van der Waals surface area contributed by atoms with Gasteiger partial charge in [-0.15, -0.1) is 0 Å². The second kappa shape index (κ2) is 6.83. The van der Waals surface area contributed by atoms with E-state index in [0.29, 0.717) is 5.69 Å². The molecule has 7 nitrogen and oxygen atoms in total. The molecule has 1 atom stereocenters. The third-order valence-corrected chi connectivity index (χ3v) is 3.29. The molecule has 1 amide bonds. The highest BCUT2D eigenvalue weighted by Crippen LogP contribution is 2.18. The van der Waals surface area contributed by atoms with Crippen LogP contribution in [0.1, 0.15) is 33.6 Å². The van der Waals surface area contributed by atoms with Crippen molar-refractivity contribution in [2.24, 2.45) is 0 Å². The molecule has 0 aromatic carbocycles. The lowest BCUT2D eigenvalue weighted by Crippen LogP contribution is -2.53. The number of hydrazine groups is 1. The highest BCUT2D eigenvalue weighted by molar-refractivity contribution is 5.67. The van der Waals surface area contributed by atoms with E-state index in [1.165, 1.54) is 0 Å². The van der Waals surface area contributed by atoms with Crippen LogP contribution in [0.25, 0.3) is 0 Å². The normalized spacial score (nSPS) is 18.9. The number of nitrogens with two attached hydrogens (primary N) is 1. The van der Waals surface area contributed by atoms with Crippen molar-refractivity contribution in [1.29, 1.82) is 0 Å². The molecule has 0 radical (unpaired) electrons. The van der Waals surface area contributed by atoms with Crippen LogP contribution < -0.4 is 21.5 Å². The Hall–Kier alpha value is -2.02. The average Bonchev–Trinajstić information content (AvgIpc) is 2.44. The number of nitrogens with one attached hydrogen (secondary N) is 2. The van der Waals surface area contributed by atoms with Crippen molar-refractivity contribution in [2.45, 2.75) is 45.3 Å². The van der Waals surface area contributed by atoms with E-state index in [1.807, 2.05) is 32.9 Å². The van der Waals surface area contributed by atoms with Gasteiger partial charge in [0.05, 0.1) is 11.9 Å². The number of aromatic nitrogens is 1. The Morgan fingerprint density at radius 2 is 2.23 bits per heavy atom. The van der Waals surface area contributed by atoms with Gasteiger partial charge in [0.1, 0.15) is 11.4 Å². The number of nitrogens with zero attached hydrogens (tertiary/aromatic N) is 2. The molecule has 0 spiro atoms. The number of ether oxygens (including phenoxy) is 1. The highest BCUT2D eigenvalue weighted by Gasteiger charge is 2.22. The monoisotopic (exact) mass is 307 g/mol. The molecule has 1 aliphatic rings. The van der Waals surface area contributed by atoms with Crippen molar-refractivity contribution in [3.05, 3.63) is 18.3 Å². The maximum atomic E-state index is 11.7. The number of pyridine rings is 1. The van der Waals surface area contributed by atoms with Crippen LogP contribution in [0, 0.1) is 0 Å². The molecule has 1 unspecified atom stereocenters. The predicted molar refractivity (Wildman–Crippen MR) is 86.4 cm³/mol. The summed E-state index contributed by atoms with van der Waals surface area (Å²) in [6, 6.07) is 3.91. The summed E-state index contributed by atoms with van der Waals surface area (Å²) in [5, 5.41) is 0. The molecule has 0 saturated carbocycles. The summed E-state index contributed by atoms with van der Waals surface area (Å²) < 4.78 is 5.20. The zero-order valence-electron chi connectivity index (χ0n) is 13.4. The van der Waals surface area contributed by atoms with Crippen molar-refractivity contribution < 1.29 is 9.53 Å². The number of hydrogen-bond acceptors (Lipinski definition) is 6. The Kier molecular flexibility index (Phi) is 5.07. The summed E-state index contributed by atoms with van der Waals surface area (Å²) in [6.07, 6.45) is 3.21. The highest BCUT2D eigenvalue weighted by atomic mass is 16.6. The number of amides is 1. The summed E-state index contributed by atoms with van der Waals surface area (Å²) in [5.74, 6) is 0.901. The van der Waals surface area contributed by atoms with E-state index >= 15 is 0 Å². The number of carbonyl (C=O) groups is 1. The number of carbonyl (C=O) groups excluding carboxylic acids is 1. The largest absolute Gasteiger partial charge is 0.443 e. The van der Waals surface area contributed by atoms with Gasteiger partial charge in [0.15, 0.2) is 0 Å². The Morgan fingerprint density at radius 3 is 2.86 bits per heavy atom. The van der Waals surface area contributed by atoms with Crippen molar-refractivity contribution in [2.75, 3.05) is 23.7 Å². The molecule has 22 heavy (non-hydrogen) atoms. The van der Waals surface area contributed by atoms with Crippen molar-refractivity contribution in [3.8, 4) is 0 Å². The first-order valence-corrected chi connectivity index (χ1v) is 7.54. The van der Waals surface area contributed by atoms with E-state index in [-0.39, 0.29) is 6.04 Å². The molecule has 1 aliphatic heterocycles. The van der Waals surface area contributed by atoms with E-state index in [1.54, 1.807) is 6.20 Å². The van der Waals surface area contributed by atoms with E-state index in [0.717, 1.165) is 31.7 Å². The summed E-state index contributed by atoms with van der Waals surface area (Å²) in [4.78, 5) is 18.2. The molecule has 1 aromatic heterocycles. The first kappa shape index (κ1) is 16.4. The molecule has 0 bridgehead atoms. The van der Waals surface area contributed by atoms with Crippen molar-refractivity contribution >= 4 is 17.6 Å². The fourth-order valence-corrected chi connectivity index (χ4v) is 2.35. The Morgan fingerprint density at radius 1 is 1.45 bits per heavy atom. The van der Waals surface area contributed by atoms with Gasteiger partial charge >= 0.3 is 6.09 Å². The molecule has 1 fully saturated rings. The molecule has 2 heterocycles. The number of rotatable bonds is 3. The molecule has 4 N–H and O–H groups in total. The van der Waals surface area contributed by atoms with Crippen molar-refractivity contribution in [1.82, 2.24) is 15.8 Å². The molecule has 122 valence electrons. The second-order valence-corrected chi connectivity index (χ2v) is 6.51. The fourth-order valence-electron chi connectivity index (χ4n) is 2.35. The molecule has 1 aromatic rings. The third-order valence-electron chi connectivity index (χ3n) is 3.29. The van der Waals surface area contributed by atoms with Crippen LogP contribution in [0.3, 0.4) is 0 Å². The summed E-state index contributed by atoms with van der Waals surface area (Å²) in [5.41, 5.74) is 11.5. The van der Waals surface area contributed by atoms with Crippen molar-refractivity contribution in [3.63, 3.8) is 0 Å². The number of piperidine rings is 1. The fraction of sp³-hybridized carbons (Fsp3) is 0.600. The lowest BCUT2D eigenvalue weighted by atomic mass is 10.1. The Bertz CT molecular complexity index is 498. The molecular weight excluding hydrogens is 282 g/mol. The lowest BCUT2D eigenvalue weighted by Gasteiger charge is -2.34. The van der Waals surface area contributed by atoms with Gasteiger partial charge < -0.3 is 15.4 Å². The third kappa shape index (κ3) is 5.07. The average molecular weight is 307 g/mol. The van der Waals surface area contributed by atoms with Gasteiger partial charge in [-0.05, 0) is 45.7 Å². The molecule has 1 saturated heterocycles. The van der Waals surface area contributed by atoms with Crippen LogP contribution in [-0.4, -0.2) is 35.8 Å². The molecule has 7 heteroatoms. The minimum absolute atomic E-state index is 0.153. The quantitative estimate of drug-likeness (QED) is 0.736. The minimum Gasteiger partial charge on any atom is -0.443 e. The summed E-state index contributed by atoms with van der Waals surface area (Å²) >= 11 is 0. The first-order valence-electron chi connectivity index (χ1n) is 7.54. The van der Waals surface area contributed by atoms with Gasteiger partial charge in [-0.3, -0.25) is 5.43 Å². The van der Waals surface area contributed by atoms with Gasteiger partial charge in [0.2, 0.25) is 0 Å². The number of hydrogen-bond donors (Lipinski definition) is 3. The summed E-state index contributed by atoms with van der Waals surface area (Å²) in [6.45, 7) is 7.22. The minimum atomic E-state index is -0.502. The topological polar surface area (TPSA) is 92.5 Å². The van der Waals surface area contributed by atoms with Crippen LogP contribution in [0.4, 0.5) is 16.3 Å². The van der Waals surface area contributed by atoms with Gasteiger partial charge in [0.25, 0.3) is 0 Å². The molecule has 0 aliphatic carbocycles. The SMILES string of the molecule is CC(C)(C)OC(=O)NNC1CCCN(c2ccc(N)cn2)C1. The lowest BCUT2D eigenvalue weighted by molar-refractivity contribution is 0.0485. The smallest absolute Gasteiger partial charge is 0.422 e. The van der Waals surface area contributed by atoms with Crippen LogP contribution in [-0.2, 0) is 4.74 Å². The Balaban J connectivity index is 1.83. The second-order valence-electron chi connectivity index (χ2n) is 6.51. The zero-order chi connectivity index (χ0) is 16.2. The first-order chi connectivity index (χ1) is 10.3. The number of nitrogen functional groups attached to an aromatic ring is 1.